The lowest BCUT2D eigenvalue weighted by molar-refractivity contribution is 0.439. The van der Waals surface area contributed by atoms with Gasteiger partial charge in [-0.15, -0.1) is 0 Å². The number of hydrogen-bond donors (Lipinski definition) is 0. The van der Waals surface area contributed by atoms with Gasteiger partial charge in [0.25, 0.3) is 0 Å². The summed E-state index contributed by atoms with van der Waals surface area (Å²) in [6, 6.07) is 16.7. The number of nitrogens with zero attached hydrogens (tertiary/aromatic N) is 1. The molecular formula is C19H21NO2S. The smallest absolute Gasteiger partial charge is 0.207 e. The van der Waals surface area contributed by atoms with Gasteiger partial charge in [0.2, 0.25) is 10.0 Å². The molecular weight excluding hydrogens is 306 g/mol. The molecule has 1 heterocycles. The van der Waals surface area contributed by atoms with Gasteiger partial charge in [0.05, 0.1) is 10.9 Å². The molecule has 1 atom stereocenters. The van der Waals surface area contributed by atoms with Crippen molar-refractivity contribution >= 4 is 15.6 Å². The molecule has 23 heavy (non-hydrogen) atoms. The van der Waals surface area contributed by atoms with E-state index < -0.39 is 10.0 Å². The standard InChI is InChI=1S/C19H21NO2S/c1-15-10-12-18(13-11-15)23(21,22)20-14-6-9-19(20)16(2)17-7-4-3-5-8-17/h3-5,7-8,10-13,19H,2,6,9,14H2,1H3. The van der Waals surface area contributed by atoms with Crippen LogP contribution >= 0.6 is 0 Å². The minimum absolute atomic E-state index is 0.163. The van der Waals surface area contributed by atoms with Crippen LogP contribution in [0, 0.1) is 6.92 Å². The second-order valence-electron chi connectivity index (χ2n) is 5.98. The Labute approximate surface area is 138 Å². The van der Waals surface area contributed by atoms with Crippen molar-refractivity contribution in [2.75, 3.05) is 6.54 Å². The van der Waals surface area contributed by atoms with E-state index in [0.717, 1.165) is 29.5 Å². The van der Waals surface area contributed by atoms with Crippen LogP contribution in [0.4, 0.5) is 0 Å². The first kappa shape index (κ1) is 16.0. The van der Waals surface area contributed by atoms with Crippen LogP contribution in [0.3, 0.4) is 0 Å². The SMILES string of the molecule is C=C(c1ccccc1)C1CCCN1S(=O)(=O)c1ccc(C)cc1. The summed E-state index contributed by atoms with van der Waals surface area (Å²) >= 11 is 0. The van der Waals surface area contributed by atoms with Gasteiger partial charge in [0.15, 0.2) is 0 Å². The van der Waals surface area contributed by atoms with Crippen molar-refractivity contribution in [3.8, 4) is 0 Å². The minimum atomic E-state index is -3.49. The minimum Gasteiger partial charge on any atom is -0.207 e. The molecule has 1 saturated heterocycles. The Morgan fingerprint density at radius 2 is 1.74 bits per heavy atom. The molecule has 1 aliphatic heterocycles. The summed E-state index contributed by atoms with van der Waals surface area (Å²) in [6.07, 6.45) is 1.68. The van der Waals surface area contributed by atoms with Crippen molar-refractivity contribution in [2.45, 2.75) is 30.7 Å². The van der Waals surface area contributed by atoms with Crippen LogP contribution < -0.4 is 0 Å². The van der Waals surface area contributed by atoms with Gasteiger partial charge in [0, 0.05) is 6.54 Å². The lowest BCUT2D eigenvalue weighted by Gasteiger charge is -2.26. The second-order valence-corrected chi connectivity index (χ2v) is 7.87. The van der Waals surface area contributed by atoms with Gasteiger partial charge >= 0.3 is 0 Å². The molecule has 1 aliphatic rings. The van der Waals surface area contributed by atoms with Gasteiger partial charge in [0.1, 0.15) is 0 Å². The summed E-state index contributed by atoms with van der Waals surface area (Å²) in [4.78, 5) is 0.357. The quantitative estimate of drug-likeness (QED) is 0.855. The number of sulfonamides is 1. The molecule has 3 rings (SSSR count). The molecule has 0 bridgehead atoms. The Morgan fingerprint density at radius 1 is 1.09 bits per heavy atom. The van der Waals surface area contributed by atoms with E-state index in [2.05, 4.69) is 6.58 Å². The summed E-state index contributed by atoms with van der Waals surface area (Å²) in [5.74, 6) is 0. The van der Waals surface area contributed by atoms with E-state index in [-0.39, 0.29) is 6.04 Å². The van der Waals surface area contributed by atoms with Crippen LogP contribution in [0.2, 0.25) is 0 Å². The van der Waals surface area contributed by atoms with Crippen LogP contribution in [-0.2, 0) is 10.0 Å². The first-order valence-corrected chi connectivity index (χ1v) is 9.27. The largest absolute Gasteiger partial charge is 0.243 e. The molecule has 0 saturated carbocycles. The lowest BCUT2D eigenvalue weighted by atomic mass is 9.99. The van der Waals surface area contributed by atoms with Crippen LogP contribution in [0.15, 0.2) is 66.1 Å². The average molecular weight is 327 g/mol. The van der Waals surface area contributed by atoms with Gasteiger partial charge in [-0.2, -0.15) is 4.31 Å². The Hall–Kier alpha value is -1.91. The summed E-state index contributed by atoms with van der Waals surface area (Å²) < 4.78 is 27.6. The van der Waals surface area contributed by atoms with Crippen molar-refractivity contribution < 1.29 is 8.42 Å². The van der Waals surface area contributed by atoms with E-state index >= 15 is 0 Å². The zero-order chi connectivity index (χ0) is 16.4. The molecule has 0 radical (unpaired) electrons. The highest BCUT2D eigenvalue weighted by molar-refractivity contribution is 7.89. The molecule has 1 unspecified atom stereocenters. The third-order valence-electron chi connectivity index (χ3n) is 4.38. The summed E-state index contributed by atoms with van der Waals surface area (Å²) in [5, 5.41) is 0. The maximum absolute atomic E-state index is 13.0. The Bertz CT molecular complexity index is 795. The van der Waals surface area contributed by atoms with E-state index in [9.17, 15) is 8.42 Å². The zero-order valence-electron chi connectivity index (χ0n) is 13.3. The molecule has 0 aliphatic carbocycles. The van der Waals surface area contributed by atoms with Crippen LogP contribution in [-0.4, -0.2) is 25.3 Å². The fraction of sp³-hybridized carbons (Fsp3) is 0.263. The molecule has 0 amide bonds. The van der Waals surface area contributed by atoms with Crippen LogP contribution in [0.5, 0.6) is 0 Å². The molecule has 1 fully saturated rings. The maximum Gasteiger partial charge on any atom is 0.243 e. The molecule has 120 valence electrons. The van der Waals surface area contributed by atoms with Crippen LogP contribution in [0.25, 0.3) is 5.57 Å². The molecule has 4 heteroatoms. The lowest BCUT2D eigenvalue weighted by Crippen LogP contribution is -2.36. The Morgan fingerprint density at radius 3 is 2.39 bits per heavy atom. The summed E-state index contributed by atoms with van der Waals surface area (Å²) in [6.45, 7) is 6.67. The highest BCUT2D eigenvalue weighted by Crippen LogP contribution is 2.33. The fourth-order valence-corrected chi connectivity index (χ4v) is 4.75. The van der Waals surface area contributed by atoms with Crippen molar-refractivity contribution in [3.05, 3.63) is 72.3 Å². The van der Waals surface area contributed by atoms with E-state index in [1.165, 1.54) is 0 Å². The van der Waals surface area contributed by atoms with Crippen molar-refractivity contribution in [2.24, 2.45) is 0 Å². The zero-order valence-corrected chi connectivity index (χ0v) is 14.1. The number of hydrogen-bond acceptors (Lipinski definition) is 2. The average Bonchev–Trinajstić information content (AvgIpc) is 3.06. The molecule has 0 N–H and O–H groups in total. The highest BCUT2D eigenvalue weighted by Gasteiger charge is 2.36. The van der Waals surface area contributed by atoms with Crippen molar-refractivity contribution in [1.82, 2.24) is 4.31 Å². The molecule has 2 aromatic carbocycles. The van der Waals surface area contributed by atoms with E-state index in [1.807, 2.05) is 49.4 Å². The van der Waals surface area contributed by atoms with Gasteiger partial charge in [-0.05, 0) is 43.0 Å². The number of aryl methyl sites for hydroxylation is 1. The first-order valence-electron chi connectivity index (χ1n) is 7.83. The third-order valence-corrected chi connectivity index (χ3v) is 6.30. The number of benzene rings is 2. The molecule has 0 spiro atoms. The van der Waals surface area contributed by atoms with E-state index in [0.29, 0.717) is 11.4 Å². The number of rotatable bonds is 4. The summed E-state index contributed by atoms with van der Waals surface area (Å²) in [5.41, 5.74) is 2.93. The van der Waals surface area contributed by atoms with E-state index in [4.69, 9.17) is 0 Å². The van der Waals surface area contributed by atoms with Crippen molar-refractivity contribution in [3.63, 3.8) is 0 Å². The Balaban J connectivity index is 1.92. The van der Waals surface area contributed by atoms with Gasteiger partial charge in [-0.3, -0.25) is 0 Å². The maximum atomic E-state index is 13.0. The highest BCUT2D eigenvalue weighted by atomic mass is 32.2. The third kappa shape index (κ3) is 3.09. The van der Waals surface area contributed by atoms with E-state index in [1.54, 1.807) is 16.4 Å². The van der Waals surface area contributed by atoms with Crippen molar-refractivity contribution in [1.29, 1.82) is 0 Å². The molecule has 0 aromatic heterocycles. The van der Waals surface area contributed by atoms with Gasteiger partial charge in [-0.1, -0.05) is 54.6 Å². The monoisotopic (exact) mass is 327 g/mol. The topological polar surface area (TPSA) is 37.4 Å². The fourth-order valence-electron chi connectivity index (χ4n) is 3.07. The molecule has 3 nitrogen and oxygen atoms in total. The normalized spacial score (nSPS) is 18.9. The van der Waals surface area contributed by atoms with Gasteiger partial charge < -0.3 is 0 Å². The predicted molar refractivity (Wildman–Crippen MR) is 93.6 cm³/mol. The first-order chi connectivity index (χ1) is 11.0. The predicted octanol–water partition coefficient (Wildman–Crippen LogP) is 3.86. The molecule has 2 aromatic rings. The second kappa shape index (κ2) is 6.30. The van der Waals surface area contributed by atoms with Gasteiger partial charge in [-0.25, -0.2) is 8.42 Å². The summed E-state index contributed by atoms with van der Waals surface area (Å²) in [7, 11) is -3.49. The Kier molecular flexibility index (Phi) is 4.37. The van der Waals surface area contributed by atoms with Crippen LogP contribution in [0.1, 0.15) is 24.0 Å².